The molecule has 0 saturated carbocycles. The summed E-state index contributed by atoms with van der Waals surface area (Å²) in [6.07, 6.45) is 0. The molecule has 0 radical (unpaired) electrons. The first-order valence-electron chi connectivity index (χ1n) is 5.61. The number of rotatable bonds is 9. The first-order chi connectivity index (χ1) is 6.72. The number of hydrogen-bond acceptors (Lipinski definition) is 3. The maximum absolute atomic E-state index is 5.44. The van der Waals surface area contributed by atoms with E-state index in [9.17, 15) is 0 Å². The summed E-state index contributed by atoms with van der Waals surface area (Å²) in [7, 11) is 0. The van der Waals surface area contributed by atoms with Crippen LogP contribution in [0.4, 0.5) is 0 Å². The Kier molecular flexibility index (Phi) is 10.0. The molecular formula is C11H25NOS. The smallest absolute Gasteiger partial charge is 0.0621 e. The van der Waals surface area contributed by atoms with Crippen molar-refractivity contribution < 1.29 is 4.74 Å². The Hall–Kier alpha value is 0.270. The molecule has 1 unspecified atom stereocenters. The van der Waals surface area contributed by atoms with Gasteiger partial charge in [0.05, 0.1) is 6.61 Å². The van der Waals surface area contributed by atoms with Crippen molar-refractivity contribution in [2.45, 2.75) is 33.7 Å². The van der Waals surface area contributed by atoms with Gasteiger partial charge in [-0.3, -0.25) is 0 Å². The number of ether oxygens (including phenoxy) is 1. The van der Waals surface area contributed by atoms with Crippen LogP contribution >= 0.6 is 11.8 Å². The molecule has 0 aromatic rings. The Morgan fingerprint density at radius 1 is 1.29 bits per heavy atom. The average molecular weight is 219 g/mol. The standard InChI is InChI=1S/C11H25NOS/c1-5-13-9-11(10(3)4)12-7-8-14-6-2/h10-12H,5-9H2,1-4H3. The summed E-state index contributed by atoms with van der Waals surface area (Å²) in [5.74, 6) is 3.05. The van der Waals surface area contributed by atoms with E-state index >= 15 is 0 Å². The maximum atomic E-state index is 5.44. The van der Waals surface area contributed by atoms with Gasteiger partial charge in [-0.1, -0.05) is 20.8 Å². The molecule has 0 spiro atoms. The Morgan fingerprint density at radius 2 is 2.00 bits per heavy atom. The van der Waals surface area contributed by atoms with Gasteiger partial charge < -0.3 is 10.1 Å². The highest BCUT2D eigenvalue weighted by Gasteiger charge is 2.11. The van der Waals surface area contributed by atoms with E-state index in [4.69, 9.17) is 4.74 Å². The minimum atomic E-state index is 0.507. The van der Waals surface area contributed by atoms with E-state index in [1.54, 1.807) is 0 Å². The molecule has 0 fully saturated rings. The lowest BCUT2D eigenvalue weighted by Gasteiger charge is -2.22. The molecule has 2 nitrogen and oxygen atoms in total. The molecular weight excluding hydrogens is 194 g/mol. The first-order valence-corrected chi connectivity index (χ1v) is 6.76. The van der Waals surface area contributed by atoms with Crippen LogP contribution in [-0.2, 0) is 4.74 Å². The molecule has 0 amide bonds. The average Bonchev–Trinajstić information content (AvgIpc) is 2.16. The molecule has 14 heavy (non-hydrogen) atoms. The SMILES string of the molecule is CCOCC(NCCSCC)C(C)C. The van der Waals surface area contributed by atoms with Crippen LogP contribution in [0.5, 0.6) is 0 Å². The van der Waals surface area contributed by atoms with Crippen molar-refractivity contribution in [3.63, 3.8) is 0 Å². The van der Waals surface area contributed by atoms with E-state index in [2.05, 4.69) is 26.1 Å². The molecule has 0 aliphatic heterocycles. The summed E-state index contributed by atoms with van der Waals surface area (Å²) in [5.41, 5.74) is 0. The highest BCUT2D eigenvalue weighted by molar-refractivity contribution is 7.99. The molecule has 86 valence electrons. The van der Waals surface area contributed by atoms with Gasteiger partial charge in [0, 0.05) is 24.9 Å². The lowest BCUT2D eigenvalue weighted by atomic mass is 10.1. The van der Waals surface area contributed by atoms with Gasteiger partial charge in [0.2, 0.25) is 0 Å². The van der Waals surface area contributed by atoms with Crippen molar-refractivity contribution in [3.8, 4) is 0 Å². The van der Waals surface area contributed by atoms with Crippen LogP contribution in [0.15, 0.2) is 0 Å². The second kappa shape index (κ2) is 9.81. The summed E-state index contributed by atoms with van der Waals surface area (Å²) < 4.78 is 5.44. The van der Waals surface area contributed by atoms with Gasteiger partial charge in [0.1, 0.15) is 0 Å². The number of thioether (sulfide) groups is 1. The van der Waals surface area contributed by atoms with Crippen molar-refractivity contribution in [1.29, 1.82) is 0 Å². The molecule has 0 aliphatic carbocycles. The van der Waals surface area contributed by atoms with E-state index in [0.29, 0.717) is 12.0 Å². The van der Waals surface area contributed by atoms with E-state index in [1.807, 2.05) is 18.7 Å². The lowest BCUT2D eigenvalue weighted by molar-refractivity contribution is 0.109. The first kappa shape index (κ1) is 14.3. The number of nitrogens with one attached hydrogen (secondary N) is 1. The van der Waals surface area contributed by atoms with Gasteiger partial charge in [-0.15, -0.1) is 0 Å². The third-order valence-electron chi connectivity index (χ3n) is 2.16. The third-order valence-corrected chi connectivity index (χ3v) is 3.06. The summed E-state index contributed by atoms with van der Waals surface area (Å²) in [5, 5.41) is 3.54. The monoisotopic (exact) mass is 219 g/mol. The van der Waals surface area contributed by atoms with Crippen LogP contribution in [0.25, 0.3) is 0 Å². The molecule has 0 saturated heterocycles. The quantitative estimate of drug-likeness (QED) is 0.602. The van der Waals surface area contributed by atoms with Crippen molar-refractivity contribution in [1.82, 2.24) is 5.32 Å². The normalized spacial score (nSPS) is 13.5. The van der Waals surface area contributed by atoms with Gasteiger partial charge in [0.15, 0.2) is 0 Å². The summed E-state index contributed by atoms with van der Waals surface area (Å²) >= 11 is 1.98. The van der Waals surface area contributed by atoms with Crippen molar-refractivity contribution in [2.24, 2.45) is 5.92 Å². The largest absolute Gasteiger partial charge is 0.380 e. The fourth-order valence-electron chi connectivity index (χ4n) is 1.19. The predicted octanol–water partition coefficient (Wildman–Crippen LogP) is 2.39. The van der Waals surface area contributed by atoms with E-state index in [1.165, 1.54) is 11.5 Å². The minimum Gasteiger partial charge on any atom is -0.380 e. The fourth-order valence-corrected chi connectivity index (χ4v) is 1.74. The Morgan fingerprint density at radius 3 is 2.50 bits per heavy atom. The minimum absolute atomic E-state index is 0.507. The van der Waals surface area contributed by atoms with Gasteiger partial charge in [-0.25, -0.2) is 0 Å². The van der Waals surface area contributed by atoms with Crippen molar-refractivity contribution >= 4 is 11.8 Å². The van der Waals surface area contributed by atoms with Gasteiger partial charge >= 0.3 is 0 Å². The van der Waals surface area contributed by atoms with Gasteiger partial charge in [-0.2, -0.15) is 11.8 Å². The molecule has 1 atom stereocenters. The molecule has 3 heteroatoms. The van der Waals surface area contributed by atoms with Crippen LogP contribution in [0.1, 0.15) is 27.7 Å². The van der Waals surface area contributed by atoms with Crippen LogP contribution in [0.2, 0.25) is 0 Å². The van der Waals surface area contributed by atoms with E-state index in [0.717, 1.165) is 19.8 Å². The molecule has 1 N–H and O–H groups in total. The molecule has 0 bridgehead atoms. The van der Waals surface area contributed by atoms with Gasteiger partial charge in [-0.05, 0) is 18.6 Å². The maximum Gasteiger partial charge on any atom is 0.0621 e. The van der Waals surface area contributed by atoms with Crippen LogP contribution in [-0.4, -0.2) is 37.3 Å². The summed E-state index contributed by atoms with van der Waals surface area (Å²) in [6.45, 7) is 11.5. The zero-order valence-corrected chi connectivity index (χ0v) is 10.8. The van der Waals surface area contributed by atoms with Crippen molar-refractivity contribution in [2.75, 3.05) is 31.3 Å². The molecule has 0 aliphatic rings. The van der Waals surface area contributed by atoms with Crippen LogP contribution in [0.3, 0.4) is 0 Å². The zero-order chi connectivity index (χ0) is 10.8. The second-order valence-corrected chi connectivity index (χ2v) is 5.05. The highest BCUT2D eigenvalue weighted by atomic mass is 32.2. The van der Waals surface area contributed by atoms with Gasteiger partial charge in [0.25, 0.3) is 0 Å². The zero-order valence-electron chi connectivity index (χ0n) is 10.0. The summed E-state index contributed by atoms with van der Waals surface area (Å²) in [6, 6.07) is 0.507. The number of hydrogen-bond donors (Lipinski definition) is 1. The molecule has 0 rings (SSSR count). The highest BCUT2D eigenvalue weighted by Crippen LogP contribution is 2.03. The molecule has 0 aromatic carbocycles. The summed E-state index contributed by atoms with van der Waals surface area (Å²) in [4.78, 5) is 0. The van der Waals surface area contributed by atoms with E-state index < -0.39 is 0 Å². The van der Waals surface area contributed by atoms with Crippen LogP contribution in [0, 0.1) is 5.92 Å². The fraction of sp³-hybridized carbons (Fsp3) is 1.00. The third kappa shape index (κ3) is 7.65. The molecule has 0 aromatic heterocycles. The lowest BCUT2D eigenvalue weighted by Crippen LogP contribution is -2.39. The predicted molar refractivity (Wildman–Crippen MR) is 66.1 cm³/mol. The Labute approximate surface area is 93.2 Å². The Bertz CT molecular complexity index is 120. The van der Waals surface area contributed by atoms with E-state index in [-0.39, 0.29) is 0 Å². The van der Waals surface area contributed by atoms with Crippen LogP contribution < -0.4 is 5.32 Å². The molecule has 0 heterocycles. The van der Waals surface area contributed by atoms with Crippen molar-refractivity contribution in [3.05, 3.63) is 0 Å². The second-order valence-electron chi connectivity index (χ2n) is 3.66. The Balaban J connectivity index is 3.52. The topological polar surface area (TPSA) is 21.3 Å².